The molecular formula is C16H18. The van der Waals surface area contributed by atoms with Gasteiger partial charge < -0.3 is 0 Å². The minimum absolute atomic E-state index is 1.10. The van der Waals surface area contributed by atoms with Gasteiger partial charge in [0.25, 0.3) is 0 Å². The summed E-state index contributed by atoms with van der Waals surface area (Å²) >= 11 is 0. The lowest BCUT2D eigenvalue weighted by Gasteiger charge is -2.07. The molecule has 2 aromatic carbocycles. The Morgan fingerprint density at radius 3 is 2.06 bits per heavy atom. The fourth-order valence-corrected chi connectivity index (χ4v) is 1.98. The van der Waals surface area contributed by atoms with Gasteiger partial charge in [-0.3, -0.25) is 0 Å². The van der Waals surface area contributed by atoms with E-state index in [1.807, 2.05) is 0 Å². The summed E-state index contributed by atoms with van der Waals surface area (Å²) in [5.74, 6) is 0. The van der Waals surface area contributed by atoms with E-state index in [1.54, 1.807) is 0 Å². The third kappa shape index (κ3) is 2.33. The molecule has 0 bridgehead atoms. The van der Waals surface area contributed by atoms with E-state index in [9.17, 15) is 0 Å². The second-order valence-electron chi connectivity index (χ2n) is 4.43. The van der Waals surface area contributed by atoms with Crippen molar-refractivity contribution in [1.29, 1.82) is 0 Å². The van der Waals surface area contributed by atoms with Gasteiger partial charge in [0.2, 0.25) is 0 Å². The van der Waals surface area contributed by atoms with Crippen molar-refractivity contribution in [1.82, 2.24) is 0 Å². The Morgan fingerprint density at radius 2 is 1.44 bits per heavy atom. The van der Waals surface area contributed by atoms with Crippen LogP contribution in [0.1, 0.15) is 23.6 Å². The predicted octanol–water partition coefficient (Wildman–Crippen LogP) is 4.53. The Balaban J connectivity index is 2.47. The first-order chi connectivity index (χ1) is 7.69. The summed E-state index contributed by atoms with van der Waals surface area (Å²) in [6, 6.07) is 15.5. The van der Waals surface area contributed by atoms with Crippen LogP contribution in [0.25, 0.3) is 11.1 Å². The topological polar surface area (TPSA) is 0 Å². The molecular weight excluding hydrogens is 192 g/mol. The third-order valence-corrected chi connectivity index (χ3v) is 2.93. The van der Waals surface area contributed by atoms with Gasteiger partial charge in [-0.1, -0.05) is 60.5 Å². The molecule has 2 aromatic rings. The van der Waals surface area contributed by atoms with Crippen molar-refractivity contribution in [2.75, 3.05) is 0 Å². The maximum atomic E-state index is 2.29. The van der Waals surface area contributed by atoms with E-state index < -0.39 is 0 Å². The Bertz CT molecular complexity index is 478. The predicted molar refractivity (Wildman–Crippen MR) is 70.7 cm³/mol. The monoisotopic (exact) mass is 210 g/mol. The molecule has 16 heavy (non-hydrogen) atoms. The van der Waals surface area contributed by atoms with Crippen molar-refractivity contribution < 1.29 is 0 Å². The Kier molecular flexibility index (Phi) is 3.09. The maximum absolute atomic E-state index is 2.29. The van der Waals surface area contributed by atoms with Gasteiger partial charge in [0.15, 0.2) is 0 Å². The fraction of sp³-hybridized carbons (Fsp3) is 0.250. The molecule has 0 aliphatic rings. The summed E-state index contributed by atoms with van der Waals surface area (Å²) < 4.78 is 0. The van der Waals surface area contributed by atoms with Crippen LogP contribution in [0.5, 0.6) is 0 Å². The van der Waals surface area contributed by atoms with Crippen molar-refractivity contribution >= 4 is 0 Å². The summed E-state index contributed by atoms with van der Waals surface area (Å²) in [6.07, 6.45) is 1.10. The van der Waals surface area contributed by atoms with Crippen LogP contribution in [-0.2, 0) is 6.42 Å². The summed E-state index contributed by atoms with van der Waals surface area (Å²) in [7, 11) is 0. The van der Waals surface area contributed by atoms with Gasteiger partial charge in [-0.15, -0.1) is 0 Å². The number of benzene rings is 2. The molecule has 0 radical (unpaired) electrons. The Morgan fingerprint density at radius 1 is 0.750 bits per heavy atom. The summed E-state index contributed by atoms with van der Waals surface area (Å²) in [4.78, 5) is 0. The molecule has 0 N–H and O–H groups in total. The van der Waals surface area contributed by atoms with Crippen LogP contribution in [-0.4, -0.2) is 0 Å². The first-order valence-corrected chi connectivity index (χ1v) is 5.86. The Labute approximate surface area is 97.9 Å². The average molecular weight is 210 g/mol. The Hall–Kier alpha value is -1.56. The van der Waals surface area contributed by atoms with E-state index in [0.717, 1.165) is 6.42 Å². The van der Waals surface area contributed by atoms with Crippen molar-refractivity contribution in [2.24, 2.45) is 0 Å². The molecule has 0 fully saturated rings. The lowest BCUT2D eigenvalue weighted by Crippen LogP contribution is -1.86. The van der Waals surface area contributed by atoms with E-state index in [0.29, 0.717) is 0 Å². The van der Waals surface area contributed by atoms with Crippen molar-refractivity contribution in [2.45, 2.75) is 27.2 Å². The molecule has 0 aliphatic heterocycles. The van der Waals surface area contributed by atoms with Gasteiger partial charge in [0.05, 0.1) is 0 Å². The van der Waals surface area contributed by atoms with E-state index in [2.05, 4.69) is 63.2 Å². The first kappa shape index (κ1) is 10.9. The van der Waals surface area contributed by atoms with Crippen LogP contribution in [0.15, 0.2) is 42.5 Å². The smallest absolute Gasteiger partial charge is 0.0179 e. The van der Waals surface area contributed by atoms with Crippen LogP contribution in [0, 0.1) is 13.8 Å². The van der Waals surface area contributed by atoms with Crippen molar-refractivity contribution in [3.8, 4) is 11.1 Å². The fourth-order valence-electron chi connectivity index (χ4n) is 1.98. The van der Waals surface area contributed by atoms with Crippen LogP contribution in [0.4, 0.5) is 0 Å². The zero-order valence-electron chi connectivity index (χ0n) is 10.2. The lowest BCUT2D eigenvalue weighted by atomic mass is 9.99. The number of hydrogen-bond acceptors (Lipinski definition) is 0. The largest absolute Gasteiger partial charge is 0.0613 e. The number of rotatable bonds is 2. The molecule has 0 aromatic heterocycles. The average Bonchev–Trinajstić information content (AvgIpc) is 2.29. The maximum Gasteiger partial charge on any atom is -0.0179 e. The molecule has 0 atom stereocenters. The minimum atomic E-state index is 1.10. The minimum Gasteiger partial charge on any atom is -0.0613 e. The van der Waals surface area contributed by atoms with E-state index >= 15 is 0 Å². The zero-order valence-corrected chi connectivity index (χ0v) is 10.2. The molecule has 0 saturated heterocycles. The first-order valence-electron chi connectivity index (χ1n) is 5.86. The summed E-state index contributed by atoms with van der Waals surface area (Å²) in [5.41, 5.74) is 6.71. The van der Waals surface area contributed by atoms with Gasteiger partial charge in [0.1, 0.15) is 0 Å². The van der Waals surface area contributed by atoms with Crippen LogP contribution in [0.2, 0.25) is 0 Å². The molecule has 0 amide bonds. The molecule has 2 rings (SSSR count). The second-order valence-corrected chi connectivity index (χ2v) is 4.43. The van der Waals surface area contributed by atoms with Crippen LogP contribution < -0.4 is 0 Å². The highest BCUT2D eigenvalue weighted by Crippen LogP contribution is 2.22. The number of hydrogen-bond donors (Lipinski definition) is 0. The van der Waals surface area contributed by atoms with Gasteiger partial charge in [-0.25, -0.2) is 0 Å². The molecule has 0 spiro atoms. The molecule has 0 aliphatic carbocycles. The molecule has 82 valence electrons. The van der Waals surface area contributed by atoms with Gasteiger partial charge in [-0.2, -0.15) is 0 Å². The highest BCUT2D eigenvalue weighted by atomic mass is 14.0. The van der Waals surface area contributed by atoms with Crippen molar-refractivity contribution in [3.05, 3.63) is 59.2 Å². The van der Waals surface area contributed by atoms with E-state index in [-0.39, 0.29) is 0 Å². The number of aryl methyl sites for hydroxylation is 3. The highest BCUT2D eigenvalue weighted by molar-refractivity contribution is 5.65. The normalized spacial score (nSPS) is 10.4. The van der Waals surface area contributed by atoms with Gasteiger partial charge >= 0.3 is 0 Å². The molecule has 0 unspecified atom stereocenters. The molecule has 0 heteroatoms. The standard InChI is InChI=1S/C16H18/c1-4-14-9-13(3)10-16(11-14)15-7-5-12(2)6-8-15/h5-11H,4H2,1-3H3. The van der Waals surface area contributed by atoms with E-state index in [1.165, 1.54) is 27.8 Å². The quantitative estimate of drug-likeness (QED) is 0.683. The summed E-state index contributed by atoms with van der Waals surface area (Å²) in [6.45, 7) is 6.49. The zero-order chi connectivity index (χ0) is 11.5. The lowest BCUT2D eigenvalue weighted by molar-refractivity contribution is 1.13. The van der Waals surface area contributed by atoms with Crippen LogP contribution in [0.3, 0.4) is 0 Å². The highest BCUT2D eigenvalue weighted by Gasteiger charge is 2.00. The second kappa shape index (κ2) is 4.52. The third-order valence-electron chi connectivity index (χ3n) is 2.93. The van der Waals surface area contributed by atoms with Gasteiger partial charge in [-0.05, 0) is 37.0 Å². The molecule has 0 saturated carbocycles. The SMILES string of the molecule is CCc1cc(C)cc(-c2ccc(C)cc2)c1. The van der Waals surface area contributed by atoms with E-state index in [4.69, 9.17) is 0 Å². The molecule has 0 nitrogen and oxygen atoms in total. The summed E-state index contributed by atoms with van der Waals surface area (Å²) in [5, 5.41) is 0. The molecule has 0 heterocycles. The van der Waals surface area contributed by atoms with Crippen molar-refractivity contribution in [3.63, 3.8) is 0 Å². The van der Waals surface area contributed by atoms with Gasteiger partial charge in [0, 0.05) is 0 Å². The van der Waals surface area contributed by atoms with Crippen LogP contribution >= 0.6 is 0 Å².